The molecular formula is C15H28N2. The zero-order chi connectivity index (χ0) is 11.7. The first kappa shape index (κ1) is 12.0. The van der Waals surface area contributed by atoms with Gasteiger partial charge in [0, 0.05) is 25.2 Å². The molecule has 0 aromatic carbocycles. The molecule has 2 aliphatic carbocycles. The van der Waals surface area contributed by atoms with Gasteiger partial charge in [0.1, 0.15) is 0 Å². The number of nitrogens with zero attached hydrogens (tertiary/aromatic N) is 1. The average molecular weight is 236 g/mol. The topological polar surface area (TPSA) is 15.3 Å². The average Bonchev–Trinajstić information content (AvgIpc) is 2.86. The summed E-state index contributed by atoms with van der Waals surface area (Å²) in [4.78, 5) is 2.74. The Kier molecular flexibility index (Phi) is 3.45. The molecule has 0 aromatic rings. The first-order chi connectivity index (χ1) is 8.30. The maximum atomic E-state index is 3.80. The van der Waals surface area contributed by atoms with E-state index in [0.29, 0.717) is 5.41 Å². The lowest BCUT2D eigenvalue weighted by Crippen LogP contribution is -2.38. The van der Waals surface area contributed by atoms with Crippen molar-refractivity contribution in [3.63, 3.8) is 0 Å². The first-order valence-corrected chi connectivity index (χ1v) is 7.78. The van der Waals surface area contributed by atoms with Gasteiger partial charge in [-0.15, -0.1) is 0 Å². The third-order valence-corrected chi connectivity index (χ3v) is 5.29. The van der Waals surface area contributed by atoms with Crippen molar-refractivity contribution in [2.45, 2.75) is 70.4 Å². The van der Waals surface area contributed by atoms with Crippen molar-refractivity contribution in [2.75, 3.05) is 19.6 Å². The van der Waals surface area contributed by atoms with E-state index in [-0.39, 0.29) is 0 Å². The Bertz CT molecular complexity index is 254. The minimum absolute atomic E-state index is 0.689. The molecule has 98 valence electrons. The summed E-state index contributed by atoms with van der Waals surface area (Å²) in [6.45, 7) is 6.44. The van der Waals surface area contributed by atoms with Crippen LogP contribution in [0.2, 0.25) is 0 Å². The van der Waals surface area contributed by atoms with Crippen LogP contribution in [-0.2, 0) is 0 Å². The summed E-state index contributed by atoms with van der Waals surface area (Å²) in [6, 6.07) is 1.68. The molecule has 0 aromatic heterocycles. The third kappa shape index (κ3) is 2.85. The number of likely N-dealkylation sites (tertiary alicyclic amines) is 1. The summed E-state index contributed by atoms with van der Waals surface area (Å²) in [7, 11) is 0. The molecule has 3 aliphatic rings. The second kappa shape index (κ2) is 4.89. The van der Waals surface area contributed by atoms with Crippen LogP contribution in [0, 0.1) is 5.41 Å². The van der Waals surface area contributed by atoms with Gasteiger partial charge in [0.05, 0.1) is 0 Å². The van der Waals surface area contributed by atoms with E-state index >= 15 is 0 Å². The highest BCUT2D eigenvalue weighted by molar-refractivity contribution is 4.93. The van der Waals surface area contributed by atoms with Gasteiger partial charge in [-0.3, -0.25) is 0 Å². The molecule has 1 saturated heterocycles. The number of nitrogens with one attached hydrogen (secondary N) is 1. The smallest absolute Gasteiger partial charge is 0.0209 e. The van der Waals surface area contributed by atoms with Crippen LogP contribution in [-0.4, -0.2) is 36.6 Å². The fraction of sp³-hybridized carbons (Fsp3) is 1.00. The van der Waals surface area contributed by atoms with Crippen molar-refractivity contribution >= 4 is 0 Å². The number of hydrogen-bond acceptors (Lipinski definition) is 2. The van der Waals surface area contributed by atoms with Crippen LogP contribution < -0.4 is 5.32 Å². The van der Waals surface area contributed by atoms with E-state index in [1.165, 1.54) is 71.0 Å². The predicted molar refractivity (Wildman–Crippen MR) is 72.2 cm³/mol. The highest BCUT2D eigenvalue weighted by Gasteiger charge is 2.36. The third-order valence-electron chi connectivity index (χ3n) is 5.29. The van der Waals surface area contributed by atoms with Gasteiger partial charge in [0.15, 0.2) is 0 Å². The summed E-state index contributed by atoms with van der Waals surface area (Å²) in [5.74, 6) is 0. The molecule has 1 unspecified atom stereocenters. The largest absolute Gasteiger partial charge is 0.310 e. The Morgan fingerprint density at radius 2 is 1.88 bits per heavy atom. The Labute approximate surface area is 106 Å². The predicted octanol–water partition coefficient (Wildman–Crippen LogP) is 2.78. The lowest BCUT2D eigenvalue weighted by atomic mass is 9.83. The molecule has 2 heteroatoms. The van der Waals surface area contributed by atoms with E-state index in [2.05, 4.69) is 17.1 Å². The van der Waals surface area contributed by atoms with Gasteiger partial charge >= 0.3 is 0 Å². The minimum atomic E-state index is 0.689. The van der Waals surface area contributed by atoms with Gasteiger partial charge in [-0.2, -0.15) is 0 Å². The minimum Gasteiger partial charge on any atom is -0.310 e. The molecule has 17 heavy (non-hydrogen) atoms. The molecule has 1 N–H and O–H groups in total. The van der Waals surface area contributed by atoms with Gasteiger partial charge < -0.3 is 10.2 Å². The monoisotopic (exact) mass is 236 g/mol. The zero-order valence-electron chi connectivity index (χ0n) is 11.4. The van der Waals surface area contributed by atoms with E-state index in [1.807, 2.05) is 0 Å². The Morgan fingerprint density at radius 3 is 2.53 bits per heavy atom. The van der Waals surface area contributed by atoms with Gasteiger partial charge in [0.2, 0.25) is 0 Å². The Balaban J connectivity index is 1.48. The maximum absolute atomic E-state index is 3.80. The fourth-order valence-electron chi connectivity index (χ4n) is 3.92. The molecule has 0 bridgehead atoms. The highest BCUT2D eigenvalue weighted by Crippen LogP contribution is 2.42. The summed E-state index contributed by atoms with van der Waals surface area (Å²) < 4.78 is 0. The fourth-order valence-corrected chi connectivity index (χ4v) is 3.92. The summed E-state index contributed by atoms with van der Waals surface area (Å²) in [6.07, 6.45) is 11.6. The van der Waals surface area contributed by atoms with E-state index in [1.54, 1.807) is 0 Å². The molecule has 2 nitrogen and oxygen atoms in total. The molecule has 1 aliphatic heterocycles. The standard InChI is InChI=1S/C15H28N2/c1-2-15(8-3-4-9-15)12-17-10-7-14(11-17)16-13-5-6-13/h13-14,16H,2-12H2,1H3. The maximum Gasteiger partial charge on any atom is 0.0209 e. The van der Waals surface area contributed by atoms with Crippen LogP contribution in [0.4, 0.5) is 0 Å². The van der Waals surface area contributed by atoms with Crippen LogP contribution in [0.15, 0.2) is 0 Å². The summed E-state index contributed by atoms with van der Waals surface area (Å²) in [5, 5.41) is 3.80. The molecule has 3 rings (SSSR count). The van der Waals surface area contributed by atoms with Crippen LogP contribution in [0.1, 0.15) is 58.3 Å². The van der Waals surface area contributed by atoms with Crippen LogP contribution in [0.5, 0.6) is 0 Å². The molecule has 1 heterocycles. The molecule has 0 radical (unpaired) electrons. The lowest BCUT2D eigenvalue weighted by molar-refractivity contribution is 0.168. The van der Waals surface area contributed by atoms with Gasteiger partial charge in [-0.25, -0.2) is 0 Å². The Hall–Kier alpha value is -0.0800. The van der Waals surface area contributed by atoms with Crippen molar-refractivity contribution in [1.82, 2.24) is 10.2 Å². The Morgan fingerprint density at radius 1 is 1.12 bits per heavy atom. The molecular weight excluding hydrogens is 208 g/mol. The first-order valence-electron chi connectivity index (χ1n) is 7.78. The molecule has 1 atom stereocenters. The quantitative estimate of drug-likeness (QED) is 0.789. The summed E-state index contributed by atoms with van der Waals surface area (Å²) in [5.41, 5.74) is 0.689. The van der Waals surface area contributed by atoms with Crippen molar-refractivity contribution < 1.29 is 0 Å². The molecule has 2 saturated carbocycles. The number of rotatable bonds is 5. The van der Waals surface area contributed by atoms with Crippen molar-refractivity contribution in [2.24, 2.45) is 5.41 Å². The van der Waals surface area contributed by atoms with Crippen molar-refractivity contribution in [1.29, 1.82) is 0 Å². The number of hydrogen-bond donors (Lipinski definition) is 1. The van der Waals surface area contributed by atoms with Crippen LogP contribution in [0.25, 0.3) is 0 Å². The molecule has 0 spiro atoms. The second-order valence-corrected chi connectivity index (χ2v) is 6.72. The highest BCUT2D eigenvalue weighted by atomic mass is 15.2. The van der Waals surface area contributed by atoms with Gasteiger partial charge in [-0.1, -0.05) is 19.8 Å². The molecule has 3 fully saturated rings. The second-order valence-electron chi connectivity index (χ2n) is 6.72. The van der Waals surface area contributed by atoms with E-state index in [0.717, 1.165) is 12.1 Å². The normalized spacial score (nSPS) is 33.4. The van der Waals surface area contributed by atoms with E-state index in [9.17, 15) is 0 Å². The van der Waals surface area contributed by atoms with Crippen molar-refractivity contribution in [3.8, 4) is 0 Å². The van der Waals surface area contributed by atoms with E-state index < -0.39 is 0 Å². The van der Waals surface area contributed by atoms with Gasteiger partial charge in [-0.05, 0) is 50.5 Å². The summed E-state index contributed by atoms with van der Waals surface area (Å²) >= 11 is 0. The van der Waals surface area contributed by atoms with Crippen LogP contribution >= 0.6 is 0 Å². The zero-order valence-corrected chi connectivity index (χ0v) is 11.4. The van der Waals surface area contributed by atoms with Crippen molar-refractivity contribution in [3.05, 3.63) is 0 Å². The van der Waals surface area contributed by atoms with E-state index in [4.69, 9.17) is 0 Å². The van der Waals surface area contributed by atoms with Crippen LogP contribution in [0.3, 0.4) is 0 Å². The lowest BCUT2D eigenvalue weighted by Gasteiger charge is -2.32. The van der Waals surface area contributed by atoms with Gasteiger partial charge in [0.25, 0.3) is 0 Å². The SMILES string of the molecule is CCC1(CN2CCC(NC3CC3)C2)CCCC1. The molecule has 0 amide bonds.